The molecule has 24 heavy (non-hydrogen) atoms. The Labute approximate surface area is 138 Å². The number of hydrogen-bond acceptors (Lipinski definition) is 4. The van der Waals surface area contributed by atoms with Gasteiger partial charge in [0, 0.05) is 12.3 Å². The van der Waals surface area contributed by atoms with Crippen molar-refractivity contribution >= 4 is 11.7 Å². The first-order chi connectivity index (χ1) is 11.6. The third-order valence-electron chi connectivity index (χ3n) is 3.43. The number of nitrogens with zero attached hydrogens (tertiary/aromatic N) is 3. The van der Waals surface area contributed by atoms with Gasteiger partial charge in [-0.3, -0.25) is 9.59 Å². The second-order valence-corrected chi connectivity index (χ2v) is 5.37. The highest BCUT2D eigenvalue weighted by Gasteiger charge is 2.11. The van der Waals surface area contributed by atoms with Crippen LogP contribution in [0.15, 0.2) is 65.6 Å². The zero-order valence-electron chi connectivity index (χ0n) is 13.1. The Morgan fingerprint density at radius 1 is 1.08 bits per heavy atom. The van der Waals surface area contributed by atoms with Gasteiger partial charge in [-0.1, -0.05) is 36.4 Å². The van der Waals surface area contributed by atoms with Gasteiger partial charge in [-0.2, -0.15) is 5.10 Å². The van der Waals surface area contributed by atoms with E-state index in [2.05, 4.69) is 15.4 Å². The number of aromatic nitrogens is 3. The number of aryl methyl sites for hydroxylation is 1. The van der Waals surface area contributed by atoms with Crippen molar-refractivity contribution in [1.29, 1.82) is 0 Å². The van der Waals surface area contributed by atoms with Crippen LogP contribution in [0, 0.1) is 6.92 Å². The van der Waals surface area contributed by atoms with E-state index in [1.165, 1.54) is 16.8 Å². The average Bonchev–Trinajstić information content (AvgIpc) is 2.60. The lowest BCUT2D eigenvalue weighted by Crippen LogP contribution is -2.26. The topological polar surface area (TPSA) is 76.9 Å². The van der Waals surface area contributed by atoms with Gasteiger partial charge >= 0.3 is 0 Å². The third-order valence-corrected chi connectivity index (χ3v) is 3.43. The second-order valence-electron chi connectivity index (χ2n) is 5.37. The lowest BCUT2D eigenvalue weighted by molar-refractivity contribution is 0.101. The summed E-state index contributed by atoms with van der Waals surface area (Å²) in [7, 11) is 0. The fourth-order valence-electron chi connectivity index (χ4n) is 2.16. The normalized spacial score (nSPS) is 10.4. The molecule has 3 aromatic rings. The molecule has 0 radical (unpaired) electrons. The maximum atomic E-state index is 12.3. The van der Waals surface area contributed by atoms with E-state index in [4.69, 9.17) is 0 Å². The highest BCUT2D eigenvalue weighted by Crippen LogP contribution is 2.06. The molecular formula is C18H16N4O2. The third kappa shape index (κ3) is 3.73. The van der Waals surface area contributed by atoms with Crippen molar-refractivity contribution in [2.45, 2.75) is 13.5 Å². The molecule has 0 aliphatic rings. The molecule has 2 heterocycles. The summed E-state index contributed by atoms with van der Waals surface area (Å²) in [6.45, 7) is 2.23. The van der Waals surface area contributed by atoms with Crippen LogP contribution in [-0.2, 0) is 6.54 Å². The summed E-state index contributed by atoms with van der Waals surface area (Å²) in [6, 6.07) is 15.8. The standard InChI is InChI=1S/C18H16N4O2/c1-13-7-9-16(19-11-13)20-18(24)15-8-10-17(23)22(21-15)12-14-5-3-2-4-6-14/h2-11H,12H2,1H3,(H,19,20,24). The Bertz CT molecular complexity index is 902. The van der Waals surface area contributed by atoms with Crippen molar-refractivity contribution in [3.05, 3.63) is 88.0 Å². The summed E-state index contributed by atoms with van der Waals surface area (Å²) in [5, 5.41) is 6.81. The first kappa shape index (κ1) is 15.6. The van der Waals surface area contributed by atoms with Gasteiger partial charge in [0.25, 0.3) is 11.5 Å². The fraction of sp³-hybridized carbons (Fsp3) is 0.111. The van der Waals surface area contributed by atoms with Gasteiger partial charge in [0.05, 0.1) is 6.54 Å². The van der Waals surface area contributed by atoms with Crippen molar-refractivity contribution in [2.24, 2.45) is 0 Å². The summed E-state index contributed by atoms with van der Waals surface area (Å²) in [5.74, 6) is 0.0291. The summed E-state index contributed by atoms with van der Waals surface area (Å²) < 4.78 is 1.27. The summed E-state index contributed by atoms with van der Waals surface area (Å²) in [4.78, 5) is 28.4. The lowest BCUT2D eigenvalue weighted by atomic mass is 10.2. The van der Waals surface area contributed by atoms with E-state index in [-0.39, 0.29) is 11.3 Å². The summed E-state index contributed by atoms with van der Waals surface area (Å²) in [6.07, 6.45) is 1.67. The zero-order chi connectivity index (χ0) is 16.9. The van der Waals surface area contributed by atoms with Crippen LogP contribution in [0.4, 0.5) is 5.82 Å². The smallest absolute Gasteiger partial charge is 0.277 e. The van der Waals surface area contributed by atoms with Crippen molar-refractivity contribution in [1.82, 2.24) is 14.8 Å². The molecule has 6 nitrogen and oxygen atoms in total. The Hall–Kier alpha value is -3.28. The van der Waals surface area contributed by atoms with E-state index in [0.717, 1.165) is 11.1 Å². The minimum Gasteiger partial charge on any atom is -0.305 e. The molecule has 0 bridgehead atoms. The molecule has 6 heteroatoms. The molecule has 2 aromatic heterocycles. The molecule has 0 spiro atoms. The fourth-order valence-corrected chi connectivity index (χ4v) is 2.16. The second kappa shape index (κ2) is 6.87. The molecule has 0 atom stereocenters. The van der Waals surface area contributed by atoms with Crippen LogP contribution in [0.3, 0.4) is 0 Å². The van der Waals surface area contributed by atoms with Gasteiger partial charge in [0.1, 0.15) is 11.5 Å². The molecule has 0 fully saturated rings. The highest BCUT2D eigenvalue weighted by atomic mass is 16.2. The lowest BCUT2D eigenvalue weighted by Gasteiger charge is -2.08. The van der Waals surface area contributed by atoms with E-state index in [1.54, 1.807) is 12.3 Å². The van der Waals surface area contributed by atoms with Gasteiger partial charge in [-0.25, -0.2) is 9.67 Å². The summed E-state index contributed by atoms with van der Waals surface area (Å²) >= 11 is 0. The number of hydrogen-bond donors (Lipinski definition) is 1. The first-order valence-electron chi connectivity index (χ1n) is 7.48. The van der Waals surface area contributed by atoms with Crippen molar-refractivity contribution in [2.75, 3.05) is 5.32 Å². The molecule has 0 unspecified atom stereocenters. The molecule has 1 N–H and O–H groups in total. The largest absolute Gasteiger partial charge is 0.305 e. The van der Waals surface area contributed by atoms with Gasteiger partial charge in [-0.15, -0.1) is 0 Å². The Morgan fingerprint density at radius 2 is 1.88 bits per heavy atom. The number of anilines is 1. The Balaban J connectivity index is 1.81. The minimum atomic E-state index is -0.409. The van der Waals surface area contributed by atoms with E-state index < -0.39 is 5.91 Å². The summed E-state index contributed by atoms with van der Waals surface area (Å²) in [5.41, 5.74) is 1.84. The number of nitrogens with one attached hydrogen (secondary N) is 1. The number of carbonyl (C=O) groups excluding carboxylic acids is 1. The van der Waals surface area contributed by atoms with Gasteiger partial charge in [0.2, 0.25) is 0 Å². The number of amides is 1. The predicted octanol–water partition coefficient (Wildman–Crippen LogP) is 2.25. The van der Waals surface area contributed by atoms with Gasteiger partial charge < -0.3 is 5.32 Å². The van der Waals surface area contributed by atoms with Gasteiger partial charge in [0.15, 0.2) is 0 Å². The molecule has 0 saturated heterocycles. The van der Waals surface area contributed by atoms with Crippen LogP contribution < -0.4 is 10.9 Å². The number of pyridine rings is 1. The van der Waals surface area contributed by atoms with Crippen molar-refractivity contribution in [3.63, 3.8) is 0 Å². The SMILES string of the molecule is Cc1ccc(NC(=O)c2ccc(=O)n(Cc3ccccc3)n2)nc1. The molecule has 0 saturated carbocycles. The first-order valence-corrected chi connectivity index (χ1v) is 7.48. The van der Waals surface area contributed by atoms with E-state index in [9.17, 15) is 9.59 Å². The van der Waals surface area contributed by atoms with Crippen molar-refractivity contribution < 1.29 is 4.79 Å². The predicted molar refractivity (Wildman–Crippen MR) is 91.0 cm³/mol. The molecular weight excluding hydrogens is 304 g/mol. The van der Waals surface area contributed by atoms with E-state index >= 15 is 0 Å². The minimum absolute atomic E-state index is 0.160. The quantitative estimate of drug-likeness (QED) is 0.800. The van der Waals surface area contributed by atoms with Gasteiger partial charge in [-0.05, 0) is 30.2 Å². The van der Waals surface area contributed by atoms with Crippen molar-refractivity contribution in [3.8, 4) is 0 Å². The molecule has 120 valence electrons. The van der Waals surface area contributed by atoms with Crippen LogP contribution >= 0.6 is 0 Å². The maximum absolute atomic E-state index is 12.3. The monoisotopic (exact) mass is 320 g/mol. The van der Waals surface area contributed by atoms with Crippen LogP contribution in [0.5, 0.6) is 0 Å². The highest BCUT2D eigenvalue weighted by molar-refractivity contribution is 6.02. The molecule has 0 aliphatic carbocycles. The maximum Gasteiger partial charge on any atom is 0.277 e. The van der Waals surface area contributed by atoms with Crippen LogP contribution in [0.2, 0.25) is 0 Å². The number of carbonyl (C=O) groups is 1. The van der Waals surface area contributed by atoms with Crippen LogP contribution in [-0.4, -0.2) is 20.7 Å². The number of rotatable bonds is 4. The Morgan fingerprint density at radius 3 is 2.58 bits per heavy atom. The Kier molecular flexibility index (Phi) is 4.47. The molecule has 3 rings (SSSR count). The molecule has 1 amide bonds. The zero-order valence-corrected chi connectivity index (χ0v) is 13.1. The van der Waals surface area contributed by atoms with Crippen LogP contribution in [0.25, 0.3) is 0 Å². The van der Waals surface area contributed by atoms with E-state index in [1.807, 2.05) is 43.3 Å². The average molecular weight is 320 g/mol. The molecule has 1 aromatic carbocycles. The number of benzene rings is 1. The van der Waals surface area contributed by atoms with E-state index in [0.29, 0.717) is 12.4 Å². The van der Waals surface area contributed by atoms with Crippen LogP contribution in [0.1, 0.15) is 21.6 Å². The molecule has 0 aliphatic heterocycles.